The first-order chi connectivity index (χ1) is 15.8. The summed E-state index contributed by atoms with van der Waals surface area (Å²) in [7, 11) is 2.01. The van der Waals surface area contributed by atoms with E-state index in [0.717, 1.165) is 11.6 Å². The van der Waals surface area contributed by atoms with Crippen molar-refractivity contribution in [3.8, 4) is 23.0 Å². The lowest BCUT2D eigenvalue weighted by molar-refractivity contribution is 0.324. The van der Waals surface area contributed by atoms with E-state index in [1.54, 1.807) is 36.4 Å². The van der Waals surface area contributed by atoms with E-state index in [0.29, 0.717) is 28.6 Å². The number of hydrogen-bond acceptors (Lipinski definition) is 6. The van der Waals surface area contributed by atoms with Crippen molar-refractivity contribution in [1.82, 2.24) is 0 Å². The van der Waals surface area contributed by atoms with E-state index in [1.807, 2.05) is 6.08 Å². The van der Waals surface area contributed by atoms with Gasteiger partial charge in [0.25, 0.3) is 10.0 Å². The first-order valence-corrected chi connectivity index (χ1v) is 11.2. The van der Waals surface area contributed by atoms with Gasteiger partial charge in [-0.3, -0.25) is 4.72 Å². The van der Waals surface area contributed by atoms with Crippen molar-refractivity contribution < 1.29 is 31.8 Å². The topological polar surface area (TPSA) is 83.1 Å². The number of nitrogens with one attached hydrogen (secondary N) is 1. The third-order valence-corrected chi connectivity index (χ3v) is 6.09. The van der Waals surface area contributed by atoms with Gasteiger partial charge in [-0.15, -0.1) is 0 Å². The Balaban J connectivity index is 1.94. The van der Waals surface area contributed by atoms with E-state index in [2.05, 4.69) is 4.72 Å². The Morgan fingerprint density at radius 2 is 1.39 bits per heavy atom. The van der Waals surface area contributed by atoms with Gasteiger partial charge in [0, 0.05) is 0 Å². The summed E-state index contributed by atoms with van der Waals surface area (Å²) in [6.45, 7) is 0. The summed E-state index contributed by atoms with van der Waals surface area (Å²) in [5.74, 6) is 1.17. The second-order valence-corrected chi connectivity index (χ2v) is 8.50. The maximum Gasteiger partial charge on any atom is 0.262 e. The number of methoxy groups -OCH3 is 4. The Bertz CT molecular complexity index is 1250. The largest absolute Gasteiger partial charge is 0.495 e. The van der Waals surface area contributed by atoms with Crippen molar-refractivity contribution in [2.45, 2.75) is 4.90 Å². The van der Waals surface area contributed by atoms with Crippen molar-refractivity contribution in [3.05, 3.63) is 71.5 Å². The predicted octanol–water partition coefficient (Wildman–Crippen LogP) is 4.83. The monoisotopic (exact) mass is 473 g/mol. The zero-order valence-electron chi connectivity index (χ0n) is 18.6. The van der Waals surface area contributed by atoms with E-state index >= 15 is 0 Å². The summed E-state index contributed by atoms with van der Waals surface area (Å²) in [5, 5.41) is 0. The first-order valence-electron chi connectivity index (χ1n) is 9.75. The van der Waals surface area contributed by atoms with Gasteiger partial charge in [0.15, 0.2) is 11.5 Å². The summed E-state index contributed by atoms with van der Waals surface area (Å²) in [6.07, 6.45) is 3.61. The molecule has 3 rings (SSSR count). The normalized spacial score (nSPS) is 11.3. The molecule has 0 spiro atoms. The van der Waals surface area contributed by atoms with Gasteiger partial charge in [0.05, 0.1) is 39.0 Å². The molecule has 1 N–H and O–H groups in total. The molecular formula is C24H24FNO6S. The molecule has 3 aromatic carbocycles. The van der Waals surface area contributed by atoms with Crippen LogP contribution < -0.4 is 23.7 Å². The average Bonchev–Trinajstić information content (AvgIpc) is 2.81. The van der Waals surface area contributed by atoms with Crippen LogP contribution in [0.3, 0.4) is 0 Å². The Morgan fingerprint density at radius 3 is 1.97 bits per heavy atom. The smallest absolute Gasteiger partial charge is 0.262 e. The second-order valence-electron chi connectivity index (χ2n) is 6.81. The summed E-state index contributed by atoms with van der Waals surface area (Å²) in [6, 6.07) is 13.4. The number of hydrogen-bond donors (Lipinski definition) is 1. The highest BCUT2D eigenvalue weighted by atomic mass is 32.2. The lowest BCUT2D eigenvalue weighted by Gasteiger charge is -2.13. The van der Waals surface area contributed by atoms with Crippen LogP contribution in [-0.2, 0) is 10.0 Å². The molecule has 0 saturated carbocycles. The van der Waals surface area contributed by atoms with E-state index < -0.39 is 15.8 Å². The van der Waals surface area contributed by atoms with E-state index in [-0.39, 0.29) is 10.6 Å². The fourth-order valence-corrected chi connectivity index (χ4v) is 4.23. The lowest BCUT2D eigenvalue weighted by atomic mass is 10.1. The standard InChI is InChI=1S/C24H24FNO6S/c1-29-21-11-10-16(8-9-17-13-22(30-2)24(32-4)23(14-17)31-3)12-20(21)26-33(27,28)19-7-5-6-18(25)15-19/h5-15,26H,1-4H3/b9-8-. The maximum absolute atomic E-state index is 13.5. The maximum atomic E-state index is 13.5. The lowest BCUT2D eigenvalue weighted by Crippen LogP contribution is -2.14. The van der Waals surface area contributed by atoms with E-state index in [1.165, 1.54) is 46.6 Å². The minimum atomic E-state index is -4.02. The van der Waals surface area contributed by atoms with Crippen LogP contribution in [0.25, 0.3) is 12.2 Å². The molecule has 7 nitrogen and oxygen atoms in total. The molecule has 0 atom stereocenters. The third kappa shape index (κ3) is 5.56. The first kappa shape index (κ1) is 23.9. The molecule has 0 bridgehead atoms. The number of ether oxygens (including phenoxy) is 4. The van der Waals surface area contributed by atoms with Crippen LogP contribution in [0, 0.1) is 5.82 Å². The third-order valence-electron chi connectivity index (χ3n) is 4.73. The van der Waals surface area contributed by atoms with Crippen LogP contribution in [0.4, 0.5) is 10.1 Å². The number of sulfonamides is 1. The SMILES string of the molecule is COc1ccc(/C=C\c2cc(OC)c(OC)c(OC)c2)cc1NS(=O)(=O)c1cccc(F)c1. The van der Waals surface area contributed by atoms with Crippen molar-refractivity contribution in [2.75, 3.05) is 33.2 Å². The fourth-order valence-electron chi connectivity index (χ4n) is 3.14. The molecule has 0 aliphatic carbocycles. The van der Waals surface area contributed by atoms with Gasteiger partial charge in [0.1, 0.15) is 11.6 Å². The van der Waals surface area contributed by atoms with Gasteiger partial charge in [-0.25, -0.2) is 12.8 Å². The molecule has 3 aromatic rings. The van der Waals surface area contributed by atoms with Gasteiger partial charge < -0.3 is 18.9 Å². The molecule has 9 heteroatoms. The summed E-state index contributed by atoms with van der Waals surface area (Å²) in [4.78, 5) is -0.192. The Labute approximate surface area is 192 Å². The highest BCUT2D eigenvalue weighted by Crippen LogP contribution is 2.38. The summed E-state index contributed by atoms with van der Waals surface area (Å²) < 4.78 is 62.8. The van der Waals surface area contributed by atoms with Crippen molar-refractivity contribution in [1.29, 1.82) is 0 Å². The van der Waals surface area contributed by atoms with Gasteiger partial charge in [-0.05, 0) is 53.6 Å². The molecule has 33 heavy (non-hydrogen) atoms. The summed E-state index contributed by atoms with van der Waals surface area (Å²) in [5.41, 5.74) is 1.69. The van der Waals surface area contributed by atoms with Crippen LogP contribution in [0.2, 0.25) is 0 Å². The van der Waals surface area contributed by atoms with Gasteiger partial charge in [-0.2, -0.15) is 0 Å². The van der Waals surface area contributed by atoms with E-state index in [4.69, 9.17) is 18.9 Å². The molecule has 0 heterocycles. The van der Waals surface area contributed by atoms with Crippen LogP contribution in [0.15, 0.2) is 59.5 Å². The Hall–Kier alpha value is -3.72. The zero-order chi connectivity index (χ0) is 24.0. The van der Waals surface area contributed by atoms with Crippen LogP contribution >= 0.6 is 0 Å². The van der Waals surface area contributed by atoms with Crippen LogP contribution in [-0.4, -0.2) is 36.9 Å². The van der Waals surface area contributed by atoms with Crippen molar-refractivity contribution in [2.24, 2.45) is 0 Å². The number of halogens is 1. The highest BCUT2D eigenvalue weighted by molar-refractivity contribution is 7.92. The summed E-state index contributed by atoms with van der Waals surface area (Å²) >= 11 is 0. The molecule has 0 aromatic heterocycles. The number of rotatable bonds is 9. The Morgan fingerprint density at radius 1 is 0.758 bits per heavy atom. The highest BCUT2D eigenvalue weighted by Gasteiger charge is 2.17. The van der Waals surface area contributed by atoms with Gasteiger partial charge in [0.2, 0.25) is 5.75 Å². The minimum Gasteiger partial charge on any atom is -0.495 e. The Kier molecular flexibility index (Phi) is 7.44. The second kappa shape index (κ2) is 10.3. The molecule has 0 aliphatic heterocycles. The molecule has 0 saturated heterocycles. The zero-order valence-corrected chi connectivity index (χ0v) is 19.4. The van der Waals surface area contributed by atoms with Gasteiger partial charge in [-0.1, -0.05) is 24.3 Å². The quantitative estimate of drug-likeness (QED) is 0.448. The molecule has 0 radical (unpaired) electrons. The predicted molar refractivity (Wildman–Crippen MR) is 125 cm³/mol. The fraction of sp³-hybridized carbons (Fsp3) is 0.167. The van der Waals surface area contributed by atoms with E-state index in [9.17, 15) is 12.8 Å². The van der Waals surface area contributed by atoms with Crippen LogP contribution in [0.1, 0.15) is 11.1 Å². The van der Waals surface area contributed by atoms with Crippen molar-refractivity contribution >= 4 is 27.9 Å². The molecule has 0 unspecified atom stereocenters. The molecule has 0 fully saturated rings. The minimum absolute atomic E-state index is 0.192. The van der Waals surface area contributed by atoms with Crippen molar-refractivity contribution in [3.63, 3.8) is 0 Å². The molecule has 0 aliphatic rings. The number of anilines is 1. The molecular weight excluding hydrogens is 449 g/mol. The van der Waals surface area contributed by atoms with Gasteiger partial charge >= 0.3 is 0 Å². The molecule has 174 valence electrons. The molecule has 0 amide bonds. The van der Waals surface area contributed by atoms with Crippen LogP contribution in [0.5, 0.6) is 23.0 Å². The average molecular weight is 474 g/mol. The number of benzene rings is 3.